The lowest BCUT2D eigenvalue weighted by molar-refractivity contribution is -0.140. The molecule has 0 saturated carbocycles. The van der Waals surface area contributed by atoms with E-state index in [4.69, 9.17) is 52.1 Å². The molecule has 5 N–H and O–H groups in total. The van der Waals surface area contributed by atoms with Crippen molar-refractivity contribution in [2.45, 2.75) is 151 Å². The molecule has 108 heavy (non-hydrogen) atoms. The zero-order chi connectivity index (χ0) is 79.0. The number of amides is 5. The third-order valence-electron chi connectivity index (χ3n) is 17.9. The zero-order valence-corrected chi connectivity index (χ0v) is 65.5. The number of phenols is 5. The summed E-state index contributed by atoms with van der Waals surface area (Å²) in [6.07, 6.45) is 1.18. The molecule has 5 aromatic rings. The third kappa shape index (κ3) is 27.0. The van der Waals surface area contributed by atoms with E-state index in [0.717, 1.165) is 37.4 Å². The van der Waals surface area contributed by atoms with Gasteiger partial charge in [0.15, 0.2) is 6.29 Å². The number of phenolic OH excluding ortho intramolecular Hbond substituents is 5. The Hall–Kier alpha value is -9.45. The fraction of sp³-hybridized carbons (Fsp3) is 0.544. The standard InChI is InChI=1S/C17H26N2O4.C16H21NO5S.C16H23NO5.2C15H21NO4/c1-12(2)23-17(21)19-9-8-18(4)10-14(19)11-22-16-7-5-6-15(20)13(16)3;1-11(2)22-16(20)17-6-7-23-10-12(17)9-21-15-5-3-4-14(19)13(15)8-18;1-11(2)22-16(19)17-7-8-20-9-13(17)10-21-15-6-4-5-14(18)12(15)3;1-3-19-15(18)16-9-5-6-12(16)10-20-14-8-4-7-13(17)11(14)2;1-3-15(18)16-7-8-19-9-12(16)10-20-14-6-4-5-13(17)11(14)2/h5-7,12,14,20H,8-11H2,1-4H3;3-5,8,11-12,19H,6-7,9-10H2,1-2H3;4-6,11,13,18H,7-10H2,1-3H3;4,7-8,12,17H,3,5-6,9-10H2,1-2H3;4-6,12,17H,3,7-10H2,1-2H3. The van der Waals surface area contributed by atoms with Crippen molar-refractivity contribution in [3.63, 3.8) is 0 Å². The number of hydrogen-bond donors (Lipinski definition) is 5. The maximum Gasteiger partial charge on any atom is 0.410 e. The molecular formula is C79H112N6O22S. The molecule has 0 aliphatic carbocycles. The number of ether oxygens (including phenoxy) is 11. The Morgan fingerprint density at radius 3 is 1.30 bits per heavy atom. The summed E-state index contributed by atoms with van der Waals surface area (Å²) in [6, 6.07) is 24.9. The Balaban J connectivity index is 0.000000211. The second-order valence-corrected chi connectivity index (χ2v) is 28.2. The fourth-order valence-corrected chi connectivity index (χ4v) is 12.8. The van der Waals surface area contributed by atoms with Gasteiger partial charge in [0.2, 0.25) is 5.91 Å². The summed E-state index contributed by atoms with van der Waals surface area (Å²) in [5, 5.41) is 48.4. The van der Waals surface area contributed by atoms with E-state index in [9.17, 15) is 54.3 Å². The minimum Gasteiger partial charge on any atom is -0.508 e. The molecule has 596 valence electrons. The maximum absolute atomic E-state index is 12.2. The molecule has 28 nitrogen and oxygen atoms in total. The van der Waals surface area contributed by atoms with Gasteiger partial charge in [-0.05, 0) is 157 Å². The molecule has 5 saturated heterocycles. The molecule has 0 bridgehead atoms. The first-order valence-corrected chi connectivity index (χ1v) is 37.9. The number of morpholine rings is 2. The van der Waals surface area contributed by atoms with Crippen LogP contribution in [-0.2, 0) is 33.2 Å². The number of benzene rings is 5. The van der Waals surface area contributed by atoms with Gasteiger partial charge >= 0.3 is 24.4 Å². The van der Waals surface area contributed by atoms with Gasteiger partial charge in [-0.1, -0.05) is 37.3 Å². The van der Waals surface area contributed by atoms with E-state index in [1.54, 1.807) is 119 Å². The van der Waals surface area contributed by atoms with E-state index >= 15 is 0 Å². The van der Waals surface area contributed by atoms with E-state index in [1.807, 2.05) is 92.5 Å². The highest BCUT2D eigenvalue weighted by atomic mass is 32.2. The van der Waals surface area contributed by atoms with Gasteiger partial charge in [-0.3, -0.25) is 19.4 Å². The van der Waals surface area contributed by atoms with Crippen LogP contribution in [0.2, 0.25) is 0 Å². The predicted octanol–water partition coefficient (Wildman–Crippen LogP) is 11.5. The number of rotatable bonds is 21. The van der Waals surface area contributed by atoms with Crippen molar-refractivity contribution >= 4 is 48.3 Å². The van der Waals surface area contributed by atoms with Crippen LogP contribution < -0.4 is 23.7 Å². The van der Waals surface area contributed by atoms with Gasteiger partial charge in [-0.25, -0.2) is 19.2 Å². The molecule has 0 aromatic heterocycles. The average molecular weight is 1530 g/mol. The van der Waals surface area contributed by atoms with E-state index in [0.29, 0.717) is 149 Å². The molecule has 5 fully saturated rings. The number of aldehydes is 1. The zero-order valence-electron chi connectivity index (χ0n) is 64.7. The molecule has 5 aliphatic heterocycles. The predicted molar refractivity (Wildman–Crippen MR) is 408 cm³/mol. The summed E-state index contributed by atoms with van der Waals surface area (Å²) in [7, 11) is 2.03. The second-order valence-electron chi connectivity index (χ2n) is 27.1. The first kappa shape index (κ1) is 87.5. The smallest absolute Gasteiger partial charge is 0.410 e. The monoisotopic (exact) mass is 1530 g/mol. The SMILES string of the molecule is CC(C)OC(=O)N1CCSCC1COc1cccc(O)c1C=O.CCC(=O)N1CCOCC1COc1cccc(O)c1C.CCOC(=O)N1CCCC1COc1cccc(O)c1C.Cc1c(O)cccc1OCC1CN(C)CCN1C(=O)OC(C)C.Cc1c(O)cccc1OCC1COCCN1C(=O)OC(C)C. The maximum atomic E-state index is 12.2. The molecule has 5 atom stereocenters. The summed E-state index contributed by atoms with van der Waals surface area (Å²) in [5.41, 5.74) is 2.92. The highest BCUT2D eigenvalue weighted by Crippen LogP contribution is 2.32. The molecule has 0 radical (unpaired) electrons. The van der Waals surface area contributed by atoms with Crippen molar-refractivity contribution in [3.8, 4) is 57.5 Å². The Bertz CT molecular complexity index is 3660. The van der Waals surface area contributed by atoms with Crippen LogP contribution in [0.15, 0.2) is 91.0 Å². The van der Waals surface area contributed by atoms with Gasteiger partial charge in [0, 0.05) is 86.0 Å². The molecule has 10 rings (SSSR count). The molecule has 5 amide bonds. The number of likely N-dealkylation sites (N-methyl/N-ethyl adjacent to an activating group) is 1. The van der Waals surface area contributed by atoms with Gasteiger partial charge in [0.05, 0.1) is 87.1 Å². The third-order valence-corrected chi connectivity index (χ3v) is 19.0. The average Bonchev–Trinajstić information content (AvgIpc) is 1.40. The van der Waals surface area contributed by atoms with Crippen LogP contribution in [0.3, 0.4) is 0 Å². The quantitative estimate of drug-likeness (QED) is 0.0337. The van der Waals surface area contributed by atoms with E-state index in [1.165, 1.54) is 6.07 Å². The van der Waals surface area contributed by atoms with E-state index < -0.39 is 0 Å². The molecule has 5 aliphatic rings. The number of hydrogen-bond acceptors (Lipinski definition) is 24. The molecule has 5 aromatic carbocycles. The second kappa shape index (κ2) is 44.8. The van der Waals surface area contributed by atoms with Gasteiger partial charge in [0.25, 0.3) is 0 Å². The summed E-state index contributed by atoms with van der Waals surface area (Å²) in [5.74, 6) is 5.26. The molecular weight excluding hydrogens is 1420 g/mol. The fourth-order valence-electron chi connectivity index (χ4n) is 11.8. The number of aromatic hydroxyl groups is 5. The van der Waals surface area contributed by atoms with Crippen molar-refractivity contribution in [2.24, 2.45) is 0 Å². The Morgan fingerprint density at radius 2 is 0.852 bits per heavy atom. The largest absolute Gasteiger partial charge is 0.508 e. The summed E-state index contributed by atoms with van der Waals surface area (Å²) in [4.78, 5) is 82.0. The van der Waals surface area contributed by atoms with Crippen LogP contribution in [0.25, 0.3) is 0 Å². The van der Waals surface area contributed by atoms with Crippen LogP contribution in [0.1, 0.15) is 107 Å². The van der Waals surface area contributed by atoms with E-state index in [-0.39, 0.29) is 126 Å². The lowest BCUT2D eigenvalue weighted by Gasteiger charge is -2.39. The highest BCUT2D eigenvalue weighted by molar-refractivity contribution is 7.99. The van der Waals surface area contributed by atoms with Crippen molar-refractivity contribution in [1.29, 1.82) is 0 Å². The van der Waals surface area contributed by atoms with Crippen LogP contribution >= 0.6 is 11.8 Å². The number of carbonyl (C=O) groups excluding carboxylic acids is 6. The number of thioether (sulfide) groups is 1. The first-order valence-electron chi connectivity index (χ1n) is 36.8. The summed E-state index contributed by atoms with van der Waals surface area (Å²) < 4.78 is 60.5. The minimum atomic E-state index is -0.348. The van der Waals surface area contributed by atoms with Gasteiger partial charge < -0.3 is 97.2 Å². The normalized spacial score (nSPS) is 18.4. The van der Waals surface area contributed by atoms with Crippen LogP contribution in [0.5, 0.6) is 57.5 Å². The molecule has 0 spiro atoms. The van der Waals surface area contributed by atoms with Crippen LogP contribution in [0, 0.1) is 27.7 Å². The minimum absolute atomic E-state index is 0.0378. The van der Waals surface area contributed by atoms with Crippen LogP contribution in [-0.4, -0.2) is 270 Å². The van der Waals surface area contributed by atoms with Crippen LogP contribution in [0.4, 0.5) is 19.2 Å². The van der Waals surface area contributed by atoms with Crippen molar-refractivity contribution in [2.75, 3.05) is 130 Å². The van der Waals surface area contributed by atoms with Crippen molar-refractivity contribution in [3.05, 3.63) is 119 Å². The topological polar surface area (TPSA) is 325 Å². The number of nitrogens with zero attached hydrogens (tertiary/aromatic N) is 6. The number of piperazine rings is 1. The highest BCUT2D eigenvalue weighted by Gasteiger charge is 2.35. The molecule has 5 unspecified atom stereocenters. The lowest BCUT2D eigenvalue weighted by Crippen LogP contribution is -2.56. The van der Waals surface area contributed by atoms with Crippen molar-refractivity contribution in [1.82, 2.24) is 29.4 Å². The summed E-state index contributed by atoms with van der Waals surface area (Å²) >= 11 is 1.74. The summed E-state index contributed by atoms with van der Waals surface area (Å²) in [6.45, 7) is 30.4. The number of likely N-dealkylation sites (tertiary alicyclic amines) is 1. The molecule has 5 heterocycles. The number of carbonyl (C=O) groups is 6. The molecule has 29 heteroatoms. The Morgan fingerprint density at radius 1 is 0.472 bits per heavy atom. The van der Waals surface area contributed by atoms with Gasteiger partial charge in [-0.2, -0.15) is 11.8 Å². The van der Waals surface area contributed by atoms with E-state index in [2.05, 4.69) is 4.90 Å². The van der Waals surface area contributed by atoms with Gasteiger partial charge in [0.1, 0.15) is 90.5 Å². The Kier molecular flexibility index (Phi) is 36.2. The Labute approximate surface area is 638 Å². The lowest BCUT2D eigenvalue weighted by atomic mass is 10.2. The van der Waals surface area contributed by atoms with Gasteiger partial charge in [-0.15, -0.1) is 0 Å². The van der Waals surface area contributed by atoms with Crippen molar-refractivity contribution < 1.29 is 106 Å². The first-order chi connectivity index (χ1) is 51.7.